The molecule has 4 heteroatoms. The van der Waals surface area contributed by atoms with Gasteiger partial charge in [0.15, 0.2) is 6.10 Å². The van der Waals surface area contributed by atoms with Gasteiger partial charge in [-0.2, -0.15) is 5.26 Å². The maximum atomic E-state index is 12.5. The lowest BCUT2D eigenvalue weighted by molar-refractivity contribution is -0.122. The molecular weight excluding hydrogens is 324 g/mol. The predicted octanol–water partition coefficient (Wildman–Crippen LogP) is 4.63. The number of nitriles is 1. The van der Waals surface area contributed by atoms with Crippen molar-refractivity contribution in [3.05, 3.63) is 84.4 Å². The van der Waals surface area contributed by atoms with Crippen LogP contribution in [-0.4, -0.2) is 12.0 Å². The Morgan fingerprint density at radius 2 is 1.62 bits per heavy atom. The zero-order valence-electron chi connectivity index (χ0n) is 14.3. The highest BCUT2D eigenvalue weighted by Gasteiger charge is 2.16. The zero-order valence-corrected chi connectivity index (χ0v) is 14.3. The summed E-state index contributed by atoms with van der Waals surface area (Å²) >= 11 is 0. The third kappa shape index (κ3) is 4.08. The summed E-state index contributed by atoms with van der Waals surface area (Å²) in [6.45, 7) is 1.69. The largest absolute Gasteiger partial charge is 0.481 e. The van der Waals surface area contributed by atoms with E-state index >= 15 is 0 Å². The molecule has 1 N–H and O–H groups in total. The molecule has 0 saturated carbocycles. The molecule has 0 radical (unpaired) electrons. The molecule has 0 spiro atoms. The van der Waals surface area contributed by atoms with Crippen molar-refractivity contribution in [2.24, 2.45) is 0 Å². The number of amides is 1. The van der Waals surface area contributed by atoms with Crippen molar-refractivity contribution < 1.29 is 9.53 Å². The minimum absolute atomic E-state index is 0.238. The number of carbonyl (C=O) groups is 1. The first-order valence-electron chi connectivity index (χ1n) is 8.29. The van der Waals surface area contributed by atoms with Gasteiger partial charge in [-0.05, 0) is 42.8 Å². The van der Waals surface area contributed by atoms with Gasteiger partial charge in [-0.3, -0.25) is 4.79 Å². The maximum Gasteiger partial charge on any atom is 0.265 e. The molecule has 128 valence electrons. The smallest absolute Gasteiger partial charge is 0.265 e. The number of benzene rings is 3. The summed E-state index contributed by atoms with van der Waals surface area (Å²) in [4.78, 5) is 12.5. The quantitative estimate of drug-likeness (QED) is 0.735. The van der Waals surface area contributed by atoms with Crippen molar-refractivity contribution in [3.8, 4) is 22.9 Å². The molecule has 0 fully saturated rings. The molecule has 3 aromatic rings. The molecule has 3 aromatic carbocycles. The van der Waals surface area contributed by atoms with E-state index in [1.807, 2.05) is 60.7 Å². The number of hydrogen-bond donors (Lipinski definition) is 1. The third-order valence-corrected chi connectivity index (χ3v) is 3.94. The van der Waals surface area contributed by atoms with E-state index < -0.39 is 6.10 Å². The maximum absolute atomic E-state index is 12.5. The number of ether oxygens (including phenoxy) is 1. The van der Waals surface area contributed by atoms with Crippen LogP contribution in [0.1, 0.15) is 12.5 Å². The number of nitrogens with zero attached hydrogens (tertiary/aromatic N) is 1. The van der Waals surface area contributed by atoms with Crippen molar-refractivity contribution in [2.45, 2.75) is 13.0 Å². The second-order valence-corrected chi connectivity index (χ2v) is 5.80. The summed E-state index contributed by atoms with van der Waals surface area (Å²) < 4.78 is 5.67. The molecule has 4 nitrogen and oxygen atoms in total. The number of rotatable bonds is 5. The number of anilines is 1. The summed E-state index contributed by atoms with van der Waals surface area (Å²) in [5, 5.41) is 11.8. The summed E-state index contributed by atoms with van der Waals surface area (Å²) in [7, 11) is 0. The predicted molar refractivity (Wildman–Crippen MR) is 102 cm³/mol. The first-order chi connectivity index (χ1) is 12.7. The van der Waals surface area contributed by atoms with Gasteiger partial charge in [-0.1, -0.05) is 48.5 Å². The van der Waals surface area contributed by atoms with Crippen LogP contribution in [0.2, 0.25) is 0 Å². The van der Waals surface area contributed by atoms with Gasteiger partial charge in [-0.15, -0.1) is 0 Å². The molecule has 1 atom stereocenters. The molecule has 3 rings (SSSR count). The van der Waals surface area contributed by atoms with Crippen molar-refractivity contribution in [2.75, 3.05) is 5.32 Å². The molecule has 0 heterocycles. The highest BCUT2D eigenvalue weighted by atomic mass is 16.5. The third-order valence-electron chi connectivity index (χ3n) is 3.94. The highest BCUT2D eigenvalue weighted by molar-refractivity contribution is 5.98. The molecular formula is C22H18N2O2. The van der Waals surface area contributed by atoms with Crippen molar-refractivity contribution >= 4 is 11.6 Å². The Morgan fingerprint density at radius 3 is 2.31 bits per heavy atom. The molecule has 0 bridgehead atoms. The lowest BCUT2D eigenvalue weighted by Gasteiger charge is -2.16. The fourth-order valence-electron chi connectivity index (χ4n) is 2.56. The van der Waals surface area contributed by atoms with E-state index in [4.69, 9.17) is 10.00 Å². The minimum atomic E-state index is -0.674. The van der Waals surface area contributed by atoms with Crippen LogP contribution in [0.3, 0.4) is 0 Å². The van der Waals surface area contributed by atoms with Crippen LogP contribution in [0.4, 0.5) is 5.69 Å². The molecule has 0 aliphatic heterocycles. The number of nitrogens with one attached hydrogen (secondary N) is 1. The van der Waals surface area contributed by atoms with E-state index in [2.05, 4.69) is 5.32 Å². The van der Waals surface area contributed by atoms with Gasteiger partial charge in [0.1, 0.15) is 5.75 Å². The fourth-order valence-corrected chi connectivity index (χ4v) is 2.56. The first kappa shape index (κ1) is 17.2. The molecule has 26 heavy (non-hydrogen) atoms. The zero-order chi connectivity index (χ0) is 18.4. The van der Waals surface area contributed by atoms with Crippen LogP contribution in [0.5, 0.6) is 5.75 Å². The van der Waals surface area contributed by atoms with Crippen LogP contribution >= 0.6 is 0 Å². The van der Waals surface area contributed by atoms with Crippen LogP contribution in [0.25, 0.3) is 11.1 Å². The van der Waals surface area contributed by atoms with Crippen molar-refractivity contribution in [3.63, 3.8) is 0 Å². The Morgan fingerprint density at radius 1 is 0.962 bits per heavy atom. The summed E-state index contributed by atoms with van der Waals surface area (Å²) in [5.41, 5.74) is 3.27. The summed E-state index contributed by atoms with van der Waals surface area (Å²) in [5.74, 6) is 0.306. The van der Waals surface area contributed by atoms with E-state index in [-0.39, 0.29) is 5.91 Å². The average Bonchev–Trinajstić information content (AvgIpc) is 2.69. The summed E-state index contributed by atoms with van der Waals surface area (Å²) in [6.07, 6.45) is -0.674. The van der Waals surface area contributed by atoms with Crippen LogP contribution in [0, 0.1) is 11.3 Å². The summed E-state index contributed by atoms with van der Waals surface area (Å²) in [6, 6.07) is 26.3. The number of hydrogen-bond acceptors (Lipinski definition) is 3. The van der Waals surface area contributed by atoms with Crippen LogP contribution in [-0.2, 0) is 4.79 Å². The normalized spacial score (nSPS) is 11.2. The van der Waals surface area contributed by atoms with E-state index in [9.17, 15) is 4.79 Å². The van der Waals surface area contributed by atoms with Gasteiger partial charge in [-0.25, -0.2) is 0 Å². The second kappa shape index (κ2) is 8.00. The Hall–Kier alpha value is -3.58. The van der Waals surface area contributed by atoms with Gasteiger partial charge in [0, 0.05) is 11.3 Å². The SMILES string of the molecule is C[C@H](Oc1ccc(C#N)cc1)C(=O)Nc1ccccc1-c1ccccc1. The second-order valence-electron chi connectivity index (χ2n) is 5.80. The lowest BCUT2D eigenvalue weighted by Crippen LogP contribution is -2.30. The number of para-hydroxylation sites is 1. The average molecular weight is 342 g/mol. The van der Waals surface area contributed by atoms with Crippen molar-refractivity contribution in [1.29, 1.82) is 5.26 Å². The van der Waals surface area contributed by atoms with Gasteiger partial charge in [0.25, 0.3) is 5.91 Å². The molecule has 0 aliphatic carbocycles. The van der Waals surface area contributed by atoms with E-state index in [0.29, 0.717) is 11.3 Å². The van der Waals surface area contributed by atoms with Gasteiger partial charge in [0.05, 0.1) is 11.6 Å². The lowest BCUT2D eigenvalue weighted by atomic mass is 10.0. The highest BCUT2D eigenvalue weighted by Crippen LogP contribution is 2.27. The van der Waals surface area contributed by atoms with Crippen LogP contribution in [0.15, 0.2) is 78.9 Å². The van der Waals surface area contributed by atoms with Gasteiger partial charge >= 0.3 is 0 Å². The molecule has 0 unspecified atom stereocenters. The topological polar surface area (TPSA) is 62.1 Å². The molecule has 0 saturated heterocycles. The Kier molecular flexibility index (Phi) is 5.31. The Bertz CT molecular complexity index is 928. The Balaban J connectivity index is 1.72. The minimum Gasteiger partial charge on any atom is -0.481 e. The van der Waals surface area contributed by atoms with Crippen molar-refractivity contribution in [1.82, 2.24) is 0 Å². The van der Waals surface area contributed by atoms with Gasteiger partial charge in [0.2, 0.25) is 0 Å². The molecule has 1 amide bonds. The van der Waals surface area contributed by atoms with E-state index in [1.54, 1.807) is 31.2 Å². The van der Waals surface area contributed by atoms with E-state index in [0.717, 1.165) is 16.8 Å². The first-order valence-corrected chi connectivity index (χ1v) is 8.29. The number of carbonyl (C=O) groups excluding carboxylic acids is 1. The Labute approximate surface area is 152 Å². The fraction of sp³-hybridized carbons (Fsp3) is 0.0909. The monoisotopic (exact) mass is 342 g/mol. The standard InChI is InChI=1S/C22H18N2O2/c1-16(26-19-13-11-17(15-23)12-14-19)22(25)24-21-10-6-5-9-20(21)18-7-3-2-4-8-18/h2-14,16H,1H3,(H,24,25)/t16-/m0/s1. The molecule has 0 aliphatic rings. The van der Waals surface area contributed by atoms with E-state index in [1.165, 1.54) is 0 Å². The van der Waals surface area contributed by atoms with Crippen LogP contribution < -0.4 is 10.1 Å². The van der Waals surface area contributed by atoms with Gasteiger partial charge < -0.3 is 10.1 Å². The molecule has 0 aromatic heterocycles.